The van der Waals surface area contributed by atoms with E-state index in [0.717, 1.165) is 6.42 Å². The Kier molecular flexibility index (Phi) is 4.68. The zero-order valence-electron chi connectivity index (χ0n) is 9.29. The molecule has 0 heterocycles. The average molecular weight is 191 g/mol. The van der Waals surface area contributed by atoms with Gasteiger partial charge in [0.1, 0.15) is 0 Å². The maximum Gasteiger partial charge on any atom is 0.0297 e. The molecule has 1 aromatic carbocycles. The van der Waals surface area contributed by atoms with Crippen LogP contribution in [-0.4, -0.2) is 0 Å². The van der Waals surface area contributed by atoms with Crippen LogP contribution in [0.5, 0.6) is 0 Å². The van der Waals surface area contributed by atoms with E-state index in [1.54, 1.807) is 0 Å². The molecular weight excluding hydrogens is 170 g/mol. The van der Waals surface area contributed by atoms with Crippen LogP contribution in [0.25, 0.3) is 0 Å². The predicted octanol–water partition coefficient (Wildman–Crippen LogP) is 3.44. The second-order valence-corrected chi connectivity index (χ2v) is 3.90. The quantitative estimate of drug-likeness (QED) is 0.668. The highest BCUT2D eigenvalue weighted by Gasteiger charge is 2.14. The van der Waals surface area contributed by atoms with Gasteiger partial charge in [0.15, 0.2) is 0 Å². The van der Waals surface area contributed by atoms with E-state index in [9.17, 15) is 0 Å². The van der Waals surface area contributed by atoms with Crippen molar-refractivity contribution in [1.82, 2.24) is 0 Å². The Morgan fingerprint density at radius 1 is 1.29 bits per heavy atom. The van der Waals surface area contributed by atoms with Gasteiger partial charge in [0.05, 0.1) is 0 Å². The first kappa shape index (κ1) is 11.3. The van der Waals surface area contributed by atoms with Gasteiger partial charge in [0, 0.05) is 6.04 Å². The molecule has 2 rings (SSSR count). The molecule has 0 amide bonds. The number of fused-ring (bicyclic) bond motifs is 1. The van der Waals surface area contributed by atoms with E-state index in [1.807, 2.05) is 0 Å². The van der Waals surface area contributed by atoms with Gasteiger partial charge in [-0.05, 0) is 30.4 Å². The molecule has 0 bridgehead atoms. The predicted molar refractivity (Wildman–Crippen MR) is 62.3 cm³/mol. The molecule has 0 saturated carbocycles. The third-order valence-electron chi connectivity index (χ3n) is 2.42. The van der Waals surface area contributed by atoms with Crippen molar-refractivity contribution in [2.45, 2.75) is 45.6 Å². The lowest BCUT2D eigenvalue weighted by Gasteiger charge is -2.21. The Hall–Kier alpha value is -0.820. The van der Waals surface area contributed by atoms with Gasteiger partial charge in [-0.15, -0.1) is 0 Å². The summed E-state index contributed by atoms with van der Waals surface area (Å²) in [6.45, 7) is 4.25. The molecule has 0 fully saturated rings. The highest BCUT2D eigenvalue weighted by Crippen LogP contribution is 2.26. The van der Waals surface area contributed by atoms with Gasteiger partial charge < -0.3 is 5.73 Å². The van der Waals surface area contributed by atoms with E-state index < -0.39 is 0 Å². The van der Waals surface area contributed by atoms with Crippen LogP contribution in [0.3, 0.4) is 0 Å². The monoisotopic (exact) mass is 191 g/mol. The van der Waals surface area contributed by atoms with Crippen molar-refractivity contribution in [3.8, 4) is 0 Å². The average Bonchev–Trinajstić information content (AvgIpc) is 2.20. The van der Waals surface area contributed by atoms with Crippen molar-refractivity contribution in [1.29, 1.82) is 0 Å². The summed E-state index contributed by atoms with van der Waals surface area (Å²) >= 11 is 0. The first-order valence-corrected chi connectivity index (χ1v) is 5.63. The summed E-state index contributed by atoms with van der Waals surface area (Å²) in [6, 6.07) is 8.80. The topological polar surface area (TPSA) is 26.0 Å². The molecule has 0 aliphatic heterocycles. The molecule has 0 spiro atoms. The zero-order valence-corrected chi connectivity index (χ0v) is 9.29. The summed E-state index contributed by atoms with van der Waals surface area (Å²) in [6.07, 6.45) is 4.86. The molecule has 1 unspecified atom stereocenters. The summed E-state index contributed by atoms with van der Waals surface area (Å²) in [5.41, 5.74) is 8.76. The zero-order chi connectivity index (χ0) is 10.4. The summed E-state index contributed by atoms with van der Waals surface area (Å²) in [5.74, 6) is 0. The number of aryl methyl sites for hydroxylation is 1. The lowest BCUT2D eigenvalue weighted by atomic mass is 9.88. The fourth-order valence-corrected chi connectivity index (χ4v) is 1.79. The maximum atomic E-state index is 5.95. The van der Waals surface area contributed by atoms with Gasteiger partial charge in [0.25, 0.3) is 0 Å². The Bertz CT molecular complexity index is 268. The minimum absolute atomic E-state index is 0.292. The van der Waals surface area contributed by atoms with E-state index in [2.05, 4.69) is 38.1 Å². The Morgan fingerprint density at radius 2 is 1.93 bits per heavy atom. The number of hydrogen-bond donors (Lipinski definition) is 1. The first-order valence-electron chi connectivity index (χ1n) is 5.63. The van der Waals surface area contributed by atoms with Crippen LogP contribution < -0.4 is 5.73 Å². The summed E-state index contributed by atoms with van der Waals surface area (Å²) in [7, 11) is 0. The lowest BCUT2D eigenvalue weighted by Crippen LogP contribution is -2.16. The van der Waals surface area contributed by atoms with Gasteiger partial charge in [-0.3, -0.25) is 0 Å². The smallest absolute Gasteiger partial charge is 0.0297 e. The lowest BCUT2D eigenvalue weighted by molar-refractivity contribution is 0.570. The largest absolute Gasteiger partial charge is 0.324 e. The number of nitrogens with two attached hydrogens (primary N) is 1. The Labute approximate surface area is 87.3 Å². The normalized spacial score (nSPS) is 19.2. The summed E-state index contributed by atoms with van der Waals surface area (Å²) in [4.78, 5) is 0. The maximum absolute atomic E-state index is 5.95. The van der Waals surface area contributed by atoms with Crippen LogP contribution in [0.1, 0.15) is 50.3 Å². The summed E-state index contributed by atoms with van der Waals surface area (Å²) < 4.78 is 0. The highest BCUT2D eigenvalue weighted by molar-refractivity contribution is 5.31. The molecule has 1 aliphatic carbocycles. The van der Waals surface area contributed by atoms with Gasteiger partial charge in [-0.25, -0.2) is 0 Å². The first-order chi connectivity index (χ1) is 6.79. The van der Waals surface area contributed by atoms with Gasteiger partial charge in [-0.2, -0.15) is 0 Å². The molecule has 14 heavy (non-hydrogen) atoms. The second-order valence-electron chi connectivity index (χ2n) is 3.90. The number of rotatable bonds is 0. The summed E-state index contributed by atoms with van der Waals surface area (Å²) in [5, 5.41) is 0. The van der Waals surface area contributed by atoms with Crippen LogP contribution in [0.2, 0.25) is 0 Å². The third-order valence-corrected chi connectivity index (χ3v) is 2.42. The molecule has 0 aromatic heterocycles. The van der Waals surface area contributed by atoms with Crippen molar-refractivity contribution in [3.05, 3.63) is 35.4 Å². The number of hydrogen-bond acceptors (Lipinski definition) is 1. The van der Waals surface area contributed by atoms with Crippen molar-refractivity contribution in [2.75, 3.05) is 0 Å². The molecule has 1 heteroatoms. The minimum atomic E-state index is 0.292. The van der Waals surface area contributed by atoms with E-state index in [-0.39, 0.29) is 0 Å². The van der Waals surface area contributed by atoms with Crippen LogP contribution in [-0.2, 0) is 6.42 Å². The molecule has 1 atom stereocenters. The van der Waals surface area contributed by atoms with Crippen LogP contribution in [0.4, 0.5) is 0 Å². The fourth-order valence-electron chi connectivity index (χ4n) is 1.79. The minimum Gasteiger partial charge on any atom is -0.324 e. The van der Waals surface area contributed by atoms with Gasteiger partial charge >= 0.3 is 0 Å². The van der Waals surface area contributed by atoms with E-state index in [0.29, 0.717) is 6.04 Å². The second kappa shape index (κ2) is 5.82. The molecule has 1 aromatic rings. The van der Waals surface area contributed by atoms with Gasteiger partial charge in [0.2, 0.25) is 0 Å². The van der Waals surface area contributed by atoms with Crippen LogP contribution in [0.15, 0.2) is 24.3 Å². The molecule has 78 valence electrons. The molecule has 0 saturated heterocycles. The van der Waals surface area contributed by atoms with E-state index >= 15 is 0 Å². The van der Waals surface area contributed by atoms with E-state index in [4.69, 9.17) is 5.73 Å². The Balaban J connectivity index is 0.000000293. The number of benzene rings is 1. The van der Waals surface area contributed by atoms with Crippen molar-refractivity contribution >= 4 is 0 Å². The molecule has 1 aliphatic rings. The molecule has 1 nitrogen and oxygen atoms in total. The van der Waals surface area contributed by atoms with Crippen LogP contribution >= 0.6 is 0 Å². The van der Waals surface area contributed by atoms with Crippen molar-refractivity contribution < 1.29 is 0 Å². The fraction of sp³-hybridized carbons (Fsp3) is 0.538. The highest BCUT2D eigenvalue weighted by atomic mass is 14.6. The standard InChI is InChI=1S/C10H13N.C3H8/c11-10-7-3-5-8-4-1-2-6-9(8)10;1-3-2/h1-2,4,6,10H,3,5,7,11H2;3H2,1-2H3. The Morgan fingerprint density at radius 3 is 2.57 bits per heavy atom. The van der Waals surface area contributed by atoms with E-state index in [1.165, 1.54) is 30.4 Å². The van der Waals surface area contributed by atoms with Crippen molar-refractivity contribution in [2.24, 2.45) is 5.73 Å². The molecule has 2 N–H and O–H groups in total. The van der Waals surface area contributed by atoms with Gasteiger partial charge in [-0.1, -0.05) is 44.5 Å². The van der Waals surface area contributed by atoms with Crippen LogP contribution in [0, 0.1) is 0 Å². The molecule has 0 radical (unpaired) electrons. The van der Waals surface area contributed by atoms with Crippen molar-refractivity contribution in [3.63, 3.8) is 0 Å². The molecular formula is C13H21N. The SMILES string of the molecule is CCC.NC1CCCc2ccccc21. The third kappa shape index (κ3) is 2.85.